The van der Waals surface area contributed by atoms with Gasteiger partial charge in [-0.05, 0) is 49.0 Å². The molecule has 0 saturated carbocycles. The lowest BCUT2D eigenvalue weighted by molar-refractivity contribution is -0.111. The molecule has 0 spiro atoms. The zero-order valence-corrected chi connectivity index (χ0v) is 21.0. The summed E-state index contributed by atoms with van der Waals surface area (Å²) in [6.45, 7) is 5.54. The van der Waals surface area contributed by atoms with E-state index >= 15 is 0 Å². The standard InChI is InChI=1S/C28H27ClN6O/c1-4-26(36)32-24-14-21(11-12-25(24)35(3)22-16-34(2)17-22)31-28-30-15-19-8-6-10-23(27(19)33-28)18-7-5-9-20(29)13-18/h4-15,22H,1,16-17H2,2-3H3,(H,32,36)(H,30,31,33). The van der Waals surface area contributed by atoms with Gasteiger partial charge in [0.2, 0.25) is 11.9 Å². The number of anilines is 4. The fourth-order valence-electron chi connectivity index (χ4n) is 4.45. The van der Waals surface area contributed by atoms with Gasteiger partial charge in [0.15, 0.2) is 0 Å². The van der Waals surface area contributed by atoms with Gasteiger partial charge in [0.05, 0.1) is 22.9 Å². The first-order valence-electron chi connectivity index (χ1n) is 11.7. The van der Waals surface area contributed by atoms with Crippen LogP contribution in [0, 0.1) is 0 Å². The Morgan fingerprint density at radius 2 is 1.97 bits per heavy atom. The molecule has 182 valence electrons. The first-order valence-corrected chi connectivity index (χ1v) is 12.1. The number of fused-ring (bicyclic) bond motifs is 1. The number of nitrogens with zero attached hydrogens (tertiary/aromatic N) is 4. The van der Waals surface area contributed by atoms with Crippen LogP contribution < -0.4 is 15.5 Å². The number of carbonyl (C=O) groups is 1. The van der Waals surface area contributed by atoms with Gasteiger partial charge in [0.1, 0.15) is 0 Å². The van der Waals surface area contributed by atoms with Gasteiger partial charge in [0, 0.05) is 48.0 Å². The highest BCUT2D eigenvalue weighted by Gasteiger charge is 2.28. The molecular weight excluding hydrogens is 472 g/mol. The van der Waals surface area contributed by atoms with Crippen molar-refractivity contribution in [1.29, 1.82) is 0 Å². The SMILES string of the molecule is C=CC(=O)Nc1cc(Nc2ncc3cccc(-c4cccc(Cl)c4)c3n2)ccc1N(C)C1CN(C)C1. The number of halogens is 1. The van der Waals surface area contributed by atoms with Gasteiger partial charge >= 0.3 is 0 Å². The van der Waals surface area contributed by atoms with Crippen LogP contribution in [0.25, 0.3) is 22.0 Å². The summed E-state index contributed by atoms with van der Waals surface area (Å²) < 4.78 is 0. The van der Waals surface area contributed by atoms with E-state index in [0.717, 1.165) is 46.5 Å². The van der Waals surface area contributed by atoms with Crippen LogP contribution in [0.3, 0.4) is 0 Å². The molecule has 2 heterocycles. The van der Waals surface area contributed by atoms with E-state index in [1.54, 1.807) is 6.20 Å². The normalized spacial score (nSPS) is 13.8. The minimum atomic E-state index is -0.263. The minimum Gasteiger partial charge on any atom is -0.367 e. The predicted octanol–water partition coefficient (Wildman–Crippen LogP) is 5.57. The Bertz CT molecular complexity index is 1450. The number of benzene rings is 3. The number of likely N-dealkylation sites (N-methyl/N-ethyl adjacent to an activating group) is 2. The number of carbonyl (C=O) groups excluding carboxylic acids is 1. The molecule has 1 aliphatic rings. The summed E-state index contributed by atoms with van der Waals surface area (Å²) in [4.78, 5) is 25.9. The molecule has 8 heteroatoms. The van der Waals surface area contributed by atoms with Gasteiger partial charge < -0.3 is 20.4 Å². The molecule has 2 N–H and O–H groups in total. The molecule has 0 aliphatic carbocycles. The average molecular weight is 499 g/mol. The van der Waals surface area contributed by atoms with Gasteiger partial charge in [-0.1, -0.05) is 48.5 Å². The van der Waals surface area contributed by atoms with E-state index in [4.69, 9.17) is 16.6 Å². The fraction of sp³-hybridized carbons (Fsp3) is 0.179. The van der Waals surface area contributed by atoms with Crippen LogP contribution in [0.4, 0.5) is 23.0 Å². The molecule has 36 heavy (non-hydrogen) atoms. The quantitative estimate of drug-likeness (QED) is 0.325. The lowest BCUT2D eigenvalue weighted by Gasteiger charge is -2.43. The van der Waals surface area contributed by atoms with Crippen LogP contribution in [0.15, 0.2) is 79.5 Å². The third kappa shape index (κ3) is 4.89. The average Bonchev–Trinajstić information content (AvgIpc) is 2.86. The van der Waals surface area contributed by atoms with Crippen molar-refractivity contribution in [3.63, 3.8) is 0 Å². The maximum atomic E-state index is 12.2. The molecule has 3 aromatic carbocycles. The predicted molar refractivity (Wildman–Crippen MR) is 148 cm³/mol. The van der Waals surface area contributed by atoms with Gasteiger partial charge in [0.25, 0.3) is 0 Å². The van der Waals surface area contributed by atoms with E-state index in [1.807, 2.05) is 67.7 Å². The monoisotopic (exact) mass is 498 g/mol. The number of amides is 1. The molecule has 4 aromatic rings. The van der Waals surface area contributed by atoms with Crippen LogP contribution in [0.1, 0.15) is 0 Å². The summed E-state index contributed by atoms with van der Waals surface area (Å²) in [7, 11) is 4.15. The van der Waals surface area contributed by atoms with Gasteiger partial charge in [-0.25, -0.2) is 9.97 Å². The van der Waals surface area contributed by atoms with Crippen LogP contribution >= 0.6 is 11.6 Å². The van der Waals surface area contributed by atoms with Crippen molar-refractivity contribution >= 4 is 51.4 Å². The number of hydrogen-bond acceptors (Lipinski definition) is 6. The highest BCUT2D eigenvalue weighted by Crippen LogP contribution is 2.33. The Balaban J connectivity index is 1.48. The number of para-hydroxylation sites is 1. The lowest BCUT2D eigenvalue weighted by atomic mass is 10.0. The summed E-state index contributed by atoms with van der Waals surface area (Å²) in [6, 6.07) is 20.0. The molecule has 0 bridgehead atoms. The number of hydrogen-bond donors (Lipinski definition) is 2. The second-order valence-electron chi connectivity index (χ2n) is 8.98. The summed E-state index contributed by atoms with van der Waals surface area (Å²) in [5, 5.41) is 7.84. The maximum Gasteiger partial charge on any atom is 0.247 e. The van der Waals surface area contributed by atoms with Crippen LogP contribution in [0.5, 0.6) is 0 Å². The van der Waals surface area contributed by atoms with Crippen molar-refractivity contribution in [2.24, 2.45) is 0 Å². The van der Waals surface area contributed by atoms with Crippen LogP contribution in [-0.2, 0) is 4.79 Å². The van der Waals surface area contributed by atoms with E-state index in [0.29, 0.717) is 22.7 Å². The number of likely N-dealkylation sites (tertiary alicyclic amines) is 1. The summed E-state index contributed by atoms with van der Waals surface area (Å²) in [6.07, 6.45) is 3.07. The second kappa shape index (κ2) is 9.97. The third-order valence-corrected chi connectivity index (χ3v) is 6.65. The van der Waals surface area contributed by atoms with Crippen molar-refractivity contribution in [3.05, 3.63) is 84.5 Å². The zero-order chi connectivity index (χ0) is 25.2. The van der Waals surface area contributed by atoms with Crippen LogP contribution in [0.2, 0.25) is 5.02 Å². The highest BCUT2D eigenvalue weighted by atomic mass is 35.5. The molecule has 1 aromatic heterocycles. The molecule has 5 rings (SSSR count). The Hall–Kier alpha value is -3.94. The second-order valence-corrected chi connectivity index (χ2v) is 9.42. The topological polar surface area (TPSA) is 73.4 Å². The largest absolute Gasteiger partial charge is 0.367 e. The fourth-order valence-corrected chi connectivity index (χ4v) is 4.64. The first-order chi connectivity index (χ1) is 17.4. The molecule has 0 atom stereocenters. The maximum absolute atomic E-state index is 12.2. The van der Waals surface area contributed by atoms with E-state index < -0.39 is 0 Å². The van der Waals surface area contributed by atoms with Crippen molar-refractivity contribution in [2.45, 2.75) is 6.04 Å². The molecular formula is C28H27ClN6O. The van der Waals surface area contributed by atoms with Crippen molar-refractivity contribution < 1.29 is 4.79 Å². The number of rotatable bonds is 7. The summed E-state index contributed by atoms with van der Waals surface area (Å²) in [5.41, 5.74) is 5.18. The summed E-state index contributed by atoms with van der Waals surface area (Å²) in [5.74, 6) is 0.195. The highest BCUT2D eigenvalue weighted by molar-refractivity contribution is 6.30. The molecule has 1 saturated heterocycles. The van der Waals surface area contributed by atoms with E-state index in [1.165, 1.54) is 6.08 Å². The minimum absolute atomic E-state index is 0.263. The third-order valence-electron chi connectivity index (χ3n) is 6.41. The van der Waals surface area contributed by atoms with Gasteiger partial charge in [-0.3, -0.25) is 4.79 Å². The van der Waals surface area contributed by atoms with E-state index in [9.17, 15) is 4.79 Å². The summed E-state index contributed by atoms with van der Waals surface area (Å²) >= 11 is 6.23. The van der Waals surface area contributed by atoms with Crippen molar-refractivity contribution in [2.75, 3.05) is 42.7 Å². The lowest BCUT2D eigenvalue weighted by Crippen LogP contribution is -2.56. The Morgan fingerprint density at radius 1 is 1.17 bits per heavy atom. The smallest absolute Gasteiger partial charge is 0.247 e. The van der Waals surface area contributed by atoms with Gasteiger partial charge in [-0.2, -0.15) is 0 Å². The zero-order valence-electron chi connectivity index (χ0n) is 20.2. The molecule has 1 fully saturated rings. The molecule has 7 nitrogen and oxygen atoms in total. The number of aromatic nitrogens is 2. The Morgan fingerprint density at radius 3 is 2.72 bits per heavy atom. The number of nitrogens with one attached hydrogen (secondary N) is 2. The van der Waals surface area contributed by atoms with Crippen molar-refractivity contribution in [3.8, 4) is 11.1 Å². The van der Waals surface area contributed by atoms with Crippen LogP contribution in [-0.4, -0.2) is 54.0 Å². The van der Waals surface area contributed by atoms with E-state index in [2.05, 4.69) is 39.0 Å². The Kier molecular flexibility index (Phi) is 6.59. The first kappa shape index (κ1) is 23.8. The van der Waals surface area contributed by atoms with E-state index in [-0.39, 0.29) is 5.91 Å². The molecule has 1 aliphatic heterocycles. The molecule has 0 unspecified atom stereocenters. The molecule has 1 amide bonds. The Labute approximate surface area is 215 Å². The van der Waals surface area contributed by atoms with Crippen molar-refractivity contribution in [1.82, 2.24) is 14.9 Å². The molecule has 0 radical (unpaired) electrons. The van der Waals surface area contributed by atoms with Gasteiger partial charge in [-0.15, -0.1) is 0 Å².